The average Bonchev–Trinajstić information content (AvgIpc) is 3.25. The third kappa shape index (κ3) is 5.19. The highest BCUT2D eigenvalue weighted by molar-refractivity contribution is 7.89. The molecule has 1 aromatic rings. The Morgan fingerprint density at radius 2 is 1.72 bits per heavy atom. The van der Waals surface area contributed by atoms with Gasteiger partial charge in [0.05, 0.1) is 31.1 Å². The van der Waals surface area contributed by atoms with Crippen LogP contribution in [-0.2, 0) is 14.8 Å². The molecule has 1 aliphatic carbocycles. The number of nitrogens with zero attached hydrogens (tertiary/aromatic N) is 1. The van der Waals surface area contributed by atoms with Crippen LogP contribution in [0.25, 0.3) is 0 Å². The molecule has 1 aliphatic heterocycles. The van der Waals surface area contributed by atoms with Crippen molar-refractivity contribution in [1.82, 2.24) is 9.62 Å². The fourth-order valence-electron chi connectivity index (χ4n) is 4.38. The van der Waals surface area contributed by atoms with E-state index in [0.717, 1.165) is 19.3 Å². The zero-order valence-electron chi connectivity index (χ0n) is 18.0. The van der Waals surface area contributed by atoms with Crippen LogP contribution >= 0.6 is 0 Å². The average molecular weight is 423 g/mol. The molecule has 2 aliphatic rings. The van der Waals surface area contributed by atoms with Gasteiger partial charge < -0.3 is 10.2 Å². The summed E-state index contributed by atoms with van der Waals surface area (Å²) in [7, 11) is -3.48. The van der Waals surface area contributed by atoms with Crippen LogP contribution in [-0.4, -0.2) is 56.9 Å². The van der Waals surface area contributed by atoms with Gasteiger partial charge in [0.25, 0.3) is 5.91 Å². The fourth-order valence-corrected chi connectivity index (χ4v) is 5.82. The summed E-state index contributed by atoms with van der Waals surface area (Å²) in [5.74, 6) is 0.527. The second kappa shape index (κ2) is 9.58. The molecule has 29 heavy (non-hydrogen) atoms. The molecule has 7 heteroatoms. The molecule has 0 bridgehead atoms. The SMILES string of the molecule is CC[C@H](C)c1ccc(S(=O)(=O)N2CC[NH+]([C@@H](C)C(=O)NC3CCCC3)CC2)cc1. The van der Waals surface area contributed by atoms with Gasteiger partial charge >= 0.3 is 0 Å². The van der Waals surface area contributed by atoms with Gasteiger partial charge in [0.15, 0.2) is 6.04 Å². The minimum atomic E-state index is -3.48. The Bertz CT molecular complexity index is 780. The Labute approximate surface area is 175 Å². The summed E-state index contributed by atoms with van der Waals surface area (Å²) in [6, 6.07) is 7.50. The number of sulfonamides is 1. The van der Waals surface area contributed by atoms with Gasteiger partial charge in [-0.3, -0.25) is 4.79 Å². The van der Waals surface area contributed by atoms with E-state index in [1.165, 1.54) is 23.3 Å². The molecular formula is C22H36N3O3S+. The zero-order chi connectivity index (χ0) is 21.0. The highest BCUT2D eigenvalue weighted by Gasteiger charge is 2.35. The van der Waals surface area contributed by atoms with E-state index in [9.17, 15) is 13.2 Å². The predicted molar refractivity (Wildman–Crippen MR) is 114 cm³/mol. The van der Waals surface area contributed by atoms with Gasteiger partial charge in [-0.05, 0) is 49.8 Å². The largest absolute Gasteiger partial charge is 0.348 e. The Kier molecular flexibility index (Phi) is 7.35. The minimum Gasteiger partial charge on any atom is -0.348 e. The Morgan fingerprint density at radius 3 is 2.28 bits per heavy atom. The van der Waals surface area contributed by atoms with Crippen molar-refractivity contribution in [2.45, 2.75) is 75.8 Å². The summed E-state index contributed by atoms with van der Waals surface area (Å²) in [4.78, 5) is 14.1. The maximum Gasteiger partial charge on any atom is 0.278 e. The lowest BCUT2D eigenvalue weighted by Gasteiger charge is -2.34. The summed E-state index contributed by atoms with van der Waals surface area (Å²) < 4.78 is 27.6. The highest BCUT2D eigenvalue weighted by Crippen LogP contribution is 2.22. The van der Waals surface area contributed by atoms with Crippen molar-refractivity contribution in [3.8, 4) is 0 Å². The third-order valence-corrected chi connectivity index (χ3v) is 8.68. The van der Waals surface area contributed by atoms with Crippen molar-refractivity contribution in [2.75, 3.05) is 26.2 Å². The molecule has 2 fully saturated rings. The van der Waals surface area contributed by atoms with Crippen LogP contribution in [0.1, 0.15) is 64.4 Å². The van der Waals surface area contributed by atoms with Gasteiger partial charge in [-0.1, -0.05) is 38.8 Å². The van der Waals surface area contributed by atoms with E-state index in [1.807, 2.05) is 19.1 Å². The number of piperazine rings is 1. The molecule has 0 aromatic heterocycles. The number of carbonyl (C=O) groups excluding carboxylic acids is 1. The molecule has 1 saturated carbocycles. The van der Waals surface area contributed by atoms with E-state index < -0.39 is 10.0 Å². The first-order valence-corrected chi connectivity index (χ1v) is 12.5. The van der Waals surface area contributed by atoms with Crippen molar-refractivity contribution in [1.29, 1.82) is 0 Å². The third-order valence-electron chi connectivity index (χ3n) is 6.77. The second-order valence-corrected chi connectivity index (χ2v) is 10.6. The number of carbonyl (C=O) groups is 1. The van der Waals surface area contributed by atoms with E-state index >= 15 is 0 Å². The van der Waals surface area contributed by atoms with Crippen molar-refractivity contribution >= 4 is 15.9 Å². The molecule has 0 unspecified atom stereocenters. The zero-order valence-corrected chi connectivity index (χ0v) is 18.8. The van der Waals surface area contributed by atoms with E-state index in [2.05, 4.69) is 19.2 Å². The molecule has 1 aromatic carbocycles. The van der Waals surface area contributed by atoms with Crippen LogP contribution in [0.15, 0.2) is 29.2 Å². The number of rotatable bonds is 7. The number of nitrogens with one attached hydrogen (secondary N) is 2. The quantitative estimate of drug-likeness (QED) is 0.700. The molecule has 1 heterocycles. The van der Waals surface area contributed by atoms with Crippen LogP contribution in [0.2, 0.25) is 0 Å². The molecule has 2 atom stereocenters. The molecule has 3 rings (SSSR count). The maximum atomic E-state index is 13.0. The second-order valence-electron chi connectivity index (χ2n) is 8.65. The number of hydrogen-bond acceptors (Lipinski definition) is 3. The Hall–Kier alpha value is -1.44. The molecule has 0 radical (unpaired) electrons. The lowest BCUT2D eigenvalue weighted by Crippen LogP contribution is -3.19. The minimum absolute atomic E-state index is 0.101. The van der Waals surface area contributed by atoms with E-state index in [1.54, 1.807) is 16.4 Å². The van der Waals surface area contributed by atoms with Gasteiger partial charge in [-0.25, -0.2) is 8.42 Å². The van der Waals surface area contributed by atoms with Crippen LogP contribution in [0.4, 0.5) is 0 Å². The van der Waals surface area contributed by atoms with Crippen molar-refractivity contribution in [2.24, 2.45) is 0 Å². The molecule has 1 amide bonds. The van der Waals surface area contributed by atoms with Crippen molar-refractivity contribution in [3.63, 3.8) is 0 Å². The number of quaternary nitrogens is 1. The molecular weight excluding hydrogens is 386 g/mol. The first-order valence-electron chi connectivity index (χ1n) is 11.1. The summed E-state index contributed by atoms with van der Waals surface area (Å²) in [5, 5.41) is 3.17. The molecule has 2 N–H and O–H groups in total. The normalized spacial score (nSPS) is 21.8. The lowest BCUT2D eigenvalue weighted by atomic mass is 9.99. The number of amides is 1. The molecule has 0 spiro atoms. The van der Waals surface area contributed by atoms with Crippen molar-refractivity contribution in [3.05, 3.63) is 29.8 Å². The molecule has 1 saturated heterocycles. The van der Waals surface area contributed by atoms with E-state index in [0.29, 0.717) is 43.0 Å². The standard InChI is InChI=1S/C22H35N3O3S/c1-4-17(2)19-9-11-21(12-10-19)29(27,28)25-15-13-24(14-16-25)18(3)22(26)23-20-7-5-6-8-20/h9-12,17-18,20H,4-8,13-16H2,1-3H3,(H,23,26)/p+1/t17-,18-/m0/s1. The van der Waals surface area contributed by atoms with Crippen molar-refractivity contribution < 1.29 is 18.1 Å². The fraction of sp³-hybridized carbons (Fsp3) is 0.682. The lowest BCUT2D eigenvalue weighted by molar-refractivity contribution is -0.917. The summed E-state index contributed by atoms with van der Waals surface area (Å²) in [6.45, 7) is 8.45. The highest BCUT2D eigenvalue weighted by atomic mass is 32.2. The summed E-state index contributed by atoms with van der Waals surface area (Å²) in [5.41, 5.74) is 1.17. The summed E-state index contributed by atoms with van der Waals surface area (Å²) >= 11 is 0. The van der Waals surface area contributed by atoms with E-state index in [4.69, 9.17) is 0 Å². The first-order chi connectivity index (χ1) is 13.8. The van der Waals surface area contributed by atoms with E-state index in [-0.39, 0.29) is 11.9 Å². The van der Waals surface area contributed by atoms with Gasteiger partial charge in [-0.15, -0.1) is 0 Å². The monoisotopic (exact) mass is 422 g/mol. The molecule has 162 valence electrons. The van der Waals surface area contributed by atoms with Crippen LogP contribution in [0.5, 0.6) is 0 Å². The number of benzene rings is 1. The van der Waals surface area contributed by atoms with Crippen LogP contribution in [0, 0.1) is 0 Å². The van der Waals surface area contributed by atoms with Crippen LogP contribution < -0.4 is 10.2 Å². The first kappa shape index (κ1) is 22.2. The number of hydrogen-bond donors (Lipinski definition) is 2. The van der Waals surface area contributed by atoms with Gasteiger partial charge in [-0.2, -0.15) is 4.31 Å². The smallest absolute Gasteiger partial charge is 0.278 e. The van der Waals surface area contributed by atoms with Gasteiger partial charge in [0.1, 0.15) is 0 Å². The predicted octanol–water partition coefficient (Wildman–Crippen LogP) is 1.54. The Balaban J connectivity index is 1.56. The van der Waals surface area contributed by atoms with Crippen LogP contribution in [0.3, 0.4) is 0 Å². The van der Waals surface area contributed by atoms with Gasteiger partial charge in [0, 0.05) is 6.04 Å². The molecule has 6 nitrogen and oxygen atoms in total. The van der Waals surface area contributed by atoms with Gasteiger partial charge in [0.2, 0.25) is 10.0 Å². The summed E-state index contributed by atoms with van der Waals surface area (Å²) in [6.07, 6.45) is 5.58. The topological polar surface area (TPSA) is 70.9 Å². The Morgan fingerprint density at radius 1 is 1.14 bits per heavy atom. The maximum absolute atomic E-state index is 13.0.